The average molecular weight is 400 g/mol. The molecule has 10 nitrogen and oxygen atoms in total. The van der Waals surface area contributed by atoms with Gasteiger partial charge in [0, 0.05) is 43.4 Å². The van der Waals surface area contributed by atoms with Crippen LogP contribution in [0.25, 0.3) is 0 Å². The summed E-state index contributed by atoms with van der Waals surface area (Å²) in [5, 5.41) is 34.8. The van der Waals surface area contributed by atoms with Crippen molar-refractivity contribution in [3.8, 4) is 0 Å². The number of nitrogens with one attached hydrogen (secondary N) is 1. The van der Waals surface area contributed by atoms with Crippen LogP contribution in [0.5, 0.6) is 0 Å². The van der Waals surface area contributed by atoms with Gasteiger partial charge in [-0.3, -0.25) is 25.0 Å². The zero-order chi connectivity index (χ0) is 21.0. The van der Waals surface area contributed by atoms with E-state index in [-0.39, 0.29) is 23.5 Å². The molecule has 0 spiro atoms. The van der Waals surface area contributed by atoms with Gasteiger partial charge in [0.05, 0.1) is 16.0 Å². The van der Waals surface area contributed by atoms with E-state index in [1.54, 1.807) is 6.07 Å². The molecule has 2 N–H and O–H groups in total. The van der Waals surface area contributed by atoms with Gasteiger partial charge in [0.25, 0.3) is 17.3 Å². The molecule has 0 aliphatic carbocycles. The normalized spacial score (nSPS) is 14.4. The Kier molecular flexibility index (Phi) is 6.03. The van der Waals surface area contributed by atoms with Crippen LogP contribution in [0, 0.1) is 20.2 Å². The summed E-state index contributed by atoms with van der Waals surface area (Å²) in [7, 11) is 0. The molecule has 0 saturated carbocycles. The third kappa shape index (κ3) is 4.66. The summed E-state index contributed by atoms with van der Waals surface area (Å²) in [5.74, 6) is -0.554. The van der Waals surface area contributed by atoms with E-state index in [9.17, 15) is 30.1 Å². The molecule has 1 amide bonds. The van der Waals surface area contributed by atoms with Gasteiger partial charge in [-0.25, -0.2) is 0 Å². The van der Waals surface area contributed by atoms with E-state index >= 15 is 0 Å². The Morgan fingerprint density at radius 2 is 1.72 bits per heavy atom. The van der Waals surface area contributed by atoms with Gasteiger partial charge in [-0.1, -0.05) is 0 Å². The predicted molar refractivity (Wildman–Crippen MR) is 105 cm³/mol. The highest BCUT2D eigenvalue weighted by molar-refractivity contribution is 5.95. The molecule has 1 unspecified atom stereocenters. The van der Waals surface area contributed by atoms with Gasteiger partial charge in [0.15, 0.2) is 0 Å². The van der Waals surface area contributed by atoms with Gasteiger partial charge in [-0.15, -0.1) is 0 Å². The minimum Gasteiger partial charge on any atom is -0.387 e. The van der Waals surface area contributed by atoms with E-state index in [1.165, 1.54) is 36.4 Å². The number of amides is 1. The molecule has 1 aliphatic rings. The van der Waals surface area contributed by atoms with Gasteiger partial charge < -0.3 is 15.3 Å². The number of non-ortho nitro benzene ring substituents is 1. The minimum absolute atomic E-state index is 0.101. The zero-order valence-electron chi connectivity index (χ0n) is 15.5. The Hall–Kier alpha value is -3.53. The zero-order valence-corrected chi connectivity index (χ0v) is 15.5. The summed E-state index contributed by atoms with van der Waals surface area (Å²) in [6.07, 6.45) is 0.874. The van der Waals surface area contributed by atoms with Gasteiger partial charge in [-0.05, 0) is 42.7 Å². The molecule has 152 valence electrons. The standard InChI is InChI=1S/C19H20N4O6/c24-18(13-3-6-15(7-4-13)22(26)27)12-20-19(25)14-5-8-16(17(11-14)23(28)29)21-9-1-2-10-21/h3-8,11,18,24H,1-2,9-10,12H2,(H,20,25). The van der Waals surface area contributed by atoms with Crippen molar-refractivity contribution < 1.29 is 19.7 Å². The molecule has 1 aliphatic heterocycles. The maximum atomic E-state index is 12.4. The summed E-state index contributed by atoms with van der Waals surface area (Å²) in [6.45, 7) is 1.35. The van der Waals surface area contributed by atoms with Crippen LogP contribution in [0.1, 0.15) is 34.9 Å². The number of hydrogen-bond donors (Lipinski definition) is 2. The van der Waals surface area contributed by atoms with Crippen LogP contribution in [0.2, 0.25) is 0 Å². The lowest BCUT2D eigenvalue weighted by Crippen LogP contribution is -2.28. The number of carbonyl (C=O) groups is 1. The van der Waals surface area contributed by atoms with E-state index in [0.29, 0.717) is 11.3 Å². The summed E-state index contributed by atoms with van der Waals surface area (Å²) >= 11 is 0. The Morgan fingerprint density at radius 1 is 1.07 bits per heavy atom. The topological polar surface area (TPSA) is 139 Å². The van der Waals surface area contributed by atoms with Crippen molar-refractivity contribution in [2.75, 3.05) is 24.5 Å². The number of nitrogens with zero attached hydrogens (tertiary/aromatic N) is 3. The van der Waals surface area contributed by atoms with Crippen molar-refractivity contribution >= 4 is 23.0 Å². The number of anilines is 1. The Labute approximate surface area is 166 Å². The van der Waals surface area contributed by atoms with Crippen LogP contribution >= 0.6 is 0 Å². The lowest BCUT2D eigenvalue weighted by atomic mass is 10.1. The molecule has 2 aromatic rings. The largest absolute Gasteiger partial charge is 0.387 e. The molecule has 2 aromatic carbocycles. The smallest absolute Gasteiger partial charge is 0.293 e. The van der Waals surface area contributed by atoms with Crippen LogP contribution in [-0.2, 0) is 0 Å². The number of nitro benzene ring substituents is 2. The summed E-state index contributed by atoms with van der Waals surface area (Å²) in [4.78, 5) is 35.4. The molecule has 0 aromatic heterocycles. The van der Waals surface area contributed by atoms with Crippen molar-refractivity contribution in [1.29, 1.82) is 0 Å². The van der Waals surface area contributed by atoms with Gasteiger partial charge in [0.1, 0.15) is 5.69 Å². The fraction of sp³-hybridized carbons (Fsp3) is 0.316. The van der Waals surface area contributed by atoms with Gasteiger partial charge in [-0.2, -0.15) is 0 Å². The highest BCUT2D eigenvalue weighted by Crippen LogP contribution is 2.31. The number of carbonyl (C=O) groups excluding carboxylic acids is 1. The number of benzene rings is 2. The van der Waals surface area contributed by atoms with Crippen molar-refractivity contribution in [3.63, 3.8) is 0 Å². The van der Waals surface area contributed by atoms with Crippen LogP contribution in [0.3, 0.4) is 0 Å². The molecule has 1 fully saturated rings. The average Bonchev–Trinajstić information content (AvgIpc) is 3.26. The highest BCUT2D eigenvalue weighted by atomic mass is 16.6. The van der Waals surface area contributed by atoms with Gasteiger partial charge >= 0.3 is 0 Å². The van der Waals surface area contributed by atoms with Crippen molar-refractivity contribution in [1.82, 2.24) is 5.32 Å². The molecule has 1 saturated heterocycles. The molecule has 3 rings (SSSR count). The van der Waals surface area contributed by atoms with E-state index in [1.807, 2.05) is 4.90 Å². The highest BCUT2D eigenvalue weighted by Gasteiger charge is 2.24. The number of hydrogen-bond acceptors (Lipinski definition) is 7. The summed E-state index contributed by atoms with van der Waals surface area (Å²) < 4.78 is 0. The predicted octanol–water partition coefficient (Wildman–Crippen LogP) is 2.57. The second kappa shape index (κ2) is 8.65. The molecular formula is C19H20N4O6. The Bertz CT molecular complexity index is 925. The molecule has 29 heavy (non-hydrogen) atoms. The second-order valence-corrected chi connectivity index (χ2v) is 6.73. The molecule has 1 atom stereocenters. The van der Waals surface area contributed by atoms with Crippen LogP contribution in [0.4, 0.5) is 17.1 Å². The Morgan fingerprint density at radius 3 is 2.31 bits per heavy atom. The third-order valence-electron chi connectivity index (χ3n) is 4.83. The summed E-state index contributed by atoms with van der Waals surface area (Å²) in [5.41, 5.74) is 0.794. The first-order chi connectivity index (χ1) is 13.9. The maximum absolute atomic E-state index is 12.4. The third-order valence-corrected chi connectivity index (χ3v) is 4.83. The van der Waals surface area contributed by atoms with Gasteiger partial charge in [0.2, 0.25) is 0 Å². The number of nitro groups is 2. The fourth-order valence-electron chi connectivity index (χ4n) is 3.26. The lowest BCUT2D eigenvalue weighted by Gasteiger charge is -2.18. The summed E-state index contributed by atoms with van der Waals surface area (Å²) in [6, 6.07) is 9.68. The van der Waals surface area contributed by atoms with E-state index in [4.69, 9.17) is 0 Å². The van der Waals surface area contributed by atoms with Crippen LogP contribution < -0.4 is 10.2 Å². The first kappa shape index (κ1) is 20.2. The van der Waals surface area contributed by atoms with E-state index < -0.39 is 21.9 Å². The van der Waals surface area contributed by atoms with Crippen molar-refractivity contribution in [2.45, 2.75) is 18.9 Å². The first-order valence-electron chi connectivity index (χ1n) is 9.11. The lowest BCUT2D eigenvalue weighted by molar-refractivity contribution is -0.384. The van der Waals surface area contributed by atoms with E-state index in [2.05, 4.69) is 5.32 Å². The monoisotopic (exact) mass is 400 g/mol. The molecule has 1 heterocycles. The second-order valence-electron chi connectivity index (χ2n) is 6.73. The molecule has 10 heteroatoms. The fourth-order valence-corrected chi connectivity index (χ4v) is 3.26. The number of aliphatic hydroxyl groups is 1. The number of rotatable bonds is 7. The number of aliphatic hydroxyl groups excluding tert-OH is 1. The molecule has 0 radical (unpaired) electrons. The van der Waals surface area contributed by atoms with Crippen LogP contribution in [-0.4, -0.2) is 40.5 Å². The van der Waals surface area contributed by atoms with Crippen molar-refractivity contribution in [3.05, 3.63) is 73.8 Å². The quantitative estimate of drug-likeness (QED) is 0.538. The SMILES string of the molecule is O=C(NCC(O)c1ccc([N+](=O)[O-])cc1)c1ccc(N2CCCC2)c([N+](=O)[O-])c1. The first-order valence-corrected chi connectivity index (χ1v) is 9.11. The minimum atomic E-state index is -1.07. The van der Waals surface area contributed by atoms with E-state index in [0.717, 1.165) is 25.9 Å². The van der Waals surface area contributed by atoms with Crippen LogP contribution in [0.15, 0.2) is 42.5 Å². The molecule has 0 bridgehead atoms. The molecular weight excluding hydrogens is 380 g/mol. The Balaban J connectivity index is 1.67. The maximum Gasteiger partial charge on any atom is 0.293 e. The van der Waals surface area contributed by atoms with Crippen molar-refractivity contribution in [2.24, 2.45) is 0 Å².